The zero-order chi connectivity index (χ0) is 22.2. The van der Waals surface area contributed by atoms with E-state index in [1.807, 2.05) is 17.9 Å². The minimum atomic E-state index is 0.133. The molecule has 0 N–H and O–H groups in total. The first kappa shape index (κ1) is 21.2. The Morgan fingerprint density at radius 3 is 2.47 bits per heavy atom. The summed E-state index contributed by atoms with van der Waals surface area (Å²) in [7, 11) is 0. The first-order valence-electron chi connectivity index (χ1n) is 11.7. The molecule has 3 aromatic rings. The van der Waals surface area contributed by atoms with Crippen LogP contribution in [0, 0.1) is 13.8 Å². The van der Waals surface area contributed by atoms with E-state index < -0.39 is 0 Å². The predicted molar refractivity (Wildman–Crippen MR) is 132 cm³/mol. The number of fused-ring (bicyclic) bond motifs is 1. The highest BCUT2D eigenvalue weighted by Crippen LogP contribution is 2.38. The molecule has 6 nitrogen and oxygen atoms in total. The van der Waals surface area contributed by atoms with Gasteiger partial charge in [0, 0.05) is 44.5 Å². The molecule has 0 aliphatic carbocycles. The number of rotatable bonds is 3. The molecule has 2 fully saturated rings. The number of hydrogen-bond donors (Lipinski definition) is 0. The smallest absolute Gasteiger partial charge is 0.264 e. The number of para-hydroxylation sites is 1. The third-order valence-electron chi connectivity index (χ3n) is 6.84. The molecule has 168 valence electrons. The zero-order valence-electron chi connectivity index (χ0n) is 19.2. The lowest BCUT2D eigenvalue weighted by molar-refractivity contribution is 0.0751. The van der Waals surface area contributed by atoms with E-state index in [1.54, 1.807) is 0 Å². The van der Waals surface area contributed by atoms with Gasteiger partial charge in [0.25, 0.3) is 5.91 Å². The molecule has 0 saturated carbocycles. The summed E-state index contributed by atoms with van der Waals surface area (Å²) in [5, 5.41) is 1.07. The van der Waals surface area contributed by atoms with Gasteiger partial charge in [0.1, 0.15) is 16.5 Å². The molecule has 7 heteroatoms. The third kappa shape index (κ3) is 3.83. The fourth-order valence-electron chi connectivity index (χ4n) is 5.00. The molecule has 1 atom stereocenters. The molecule has 1 aromatic carbocycles. The molecular formula is C25H31N5OS. The molecule has 5 rings (SSSR count). The Bertz CT molecular complexity index is 1120. The minimum absolute atomic E-state index is 0.133. The SMILES string of the molecule is Cc1nc(N2CCCCC2C)c2c(C)c(C(=O)N3CCN(c4ccccc4)CC3)sc2n1. The van der Waals surface area contributed by atoms with Crippen molar-refractivity contribution in [2.45, 2.75) is 46.1 Å². The first-order valence-corrected chi connectivity index (χ1v) is 12.5. The second-order valence-corrected chi connectivity index (χ2v) is 9.98. The number of aromatic nitrogens is 2. The van der Waals surface area contributed by atoms with Crippen LogP contribution in [0.2, 0.25) is 0 Å². The van der Waals surface area contributed by atoms with E-state index in [1.165, 1.54) is 36.3 Å². The van der Waals surface area contributed by atoms with E-state index in [0.717, 1.165) is 65.0 Å². The standard InChI is InChI=1S/C25H31N5OS/c1-17-9-7-8-12-30(17)23-21-18(2)22(32-24(21)27-19(3)26-23)25(31)29-15-13-28(14-16-29)20-10-5-4-6-11-20/h4-6,10-11,17H,7-9,12-16H2,1-3H3. The van der Waals surface area contributed by atoms with Gasteiger partial charge in [-0.25, -0.2) is 9.97 Å². The van der Waals surface area contributed by atoms with Gasteiger partial charge in [-0.05, 0) is 57.7 Å². The maximum absolute atomic E-state index is 13.5. The minimum Gasteiger partial charge on any atom is -0.368 e. The van der Waals surface area contributed by atoms with E-state index >= 15 is 0 Å². The van der Waals surface area contributed by atoms with Crippen LogP contribution in [0.1, 0.15) is 47.2 Å². The van der Waals surface area contributed by atoms with E-state index in [0.29, 0.717) is 6.04 Å². The van der Waals surface area contributed by atoms with Crippen molar-refractivity contribution in [3.8, 4) is 0 Å². The van der Waals surface area contributed by atoms with Gasteiger partial charge in [0.15, 0.2) is 0 Å². The summed E-state index contributed by atoms with van der Waals surface area (Å²) in [5.41, 5.74) is 2.26. The number of nitrogens with zero attached hydrogens (tertiary/aromatic N) is 5. The molecule has 4 heterocycles. The molecule has 0 spiro atoms. The average Bonchev–Trinajstić information content (AvgIpc) is 3.15. The van der Waals surface area contributed by atoms with Crippen molar-refractivity contribution in [2.24, 2.45) is 0 Å². The Morgan fingerprint density at radius 2 is 1.75 bits per heavy atom. The van der Waals surface area contributed by atoms with Crippen LogP contribution in [0.5, 0.6) is 0 Å². The van der Waals surface area contributed by atoms with Crippen molar-refractivity contribution in [1.29, 1.82) is 0 Å². The highest BCUT2D eigenvalue weighted by molar-refractivity contribution is 7.20. The van der Waals surface area contributed by atoms with Crippen molar-refractivity contribution in [2.75, 3.05) is 42.5 Å². The molecular weight excluding hydrogens is 418 g/mol. The number of thiophene rings is 1. The summed E-state index contributed by atoms with van der Waals surface area (Å²) in [6.45, 7) is 10.5. The molecule has 2 aromatic heterocycles. The van der Waals surface area contributed by atoms with Crippen molar-refractivity contribution in [1.82, 2.24) is 14.9 Å². The van der Waals surface area contributed by atoms with Crippen LogP contribution in [0.3, 0.4) is 0 Å². The lowest BCUT2D eigenvalue weighted by Crippen LogP contribution is -2.48. The van der Waals surface area contributed by atoms with E-state index in [-0.39, 0.29) is 5.91 Å². The summed E-state index contributed by atoms with van der Waals surface area (Å²) < 4.78 is 0. The quantitative estimate of drug-likeness (QED) is 0.583. The van der Waals surface area contributed by atoms with Gasteiger partial charge >= 0.3 is 0 Å². The summed E-state index contributed by atoms with van der Waals surface area (Å²) in [6, 6.07) is 10.9. The Balaban J connectivity index is 1.42. The summed E-state index contributed by atoms with van der Waals surface area (Å²) in [5.74, 6) is 1.93. The number of aryl methyl sites for hydroxylation is 2. The highest BCUT2D eigenvalue weighted by atomic mass is 32.1. The number of amides is 1. The van der Waals surface area contributed by atoms with E-state index in [4.69, 9.17) is 9.97 Å². The Labute approximate surface area is 193 Å². The fourth-order valence-corrected chi connectivity index (χ4v) is 6.19. The van der Waals surface area contributed by atoms with Gasteiger partial charge < -0.3 is 14.7 Å². The van der Waals surface area contributed by atoms with Crippen LogP contribution in [0.4, 0.5) is 11.5 Å². The van der Waals surface area contributed by atoms with Gasteiger partial charge in [-0.2, -0.15) is 0 Å². The number of carbonyl (C=O) groups is 1. The number of carbonyl (C=O) groups excluding carboxylic acids is 1. The largest absolute Gasteiger partial charge is 0.368 e. The number of anilines is 2. The van der Waals surface area contributed by atoms with Crippen LogP contribution in [-0.2, 0) is 0 Å². The second-order valence-electron chi connectivity index (χ2n) is 8.98. The average molecular weight is 450 g/mol. The number of benzene rings is 1. The molecule has 0 radical (unpaired) electrons. The number of hydrogen-bond acceptors (Lipinski definition) is 6. The summed E-state index contributed by atoms with van der Waals surface area (Å²) in [4.78, 5) is 31.6. The highest BCUT2D eigenvalue weighted by Gasteiger charge is 2.29. The first-order chi connectivity index (χ1) is 15.5. The lowest BCUT2D eigenvalue weighted by Gasteiger charge is -2.36. The predicted octanol–water partition coefficient (Wildman–Crippen LogP) is 4.65. The van der Waals surface area contributed by atoms with Crippen molar-refractivity contribution in [3.05, 3.63) is 46.6 Å². The molecule has 0 bridgehead atoms. The fraction of sp³-hybridized carbons (Fsp3) is 0.480. The van der Waals surface area contributed by atoms with Gasteiger partial charge in [0.05, 0.1) is 10.3 Å². The van der Waals surface area contributed by atoms with Crippen molar-refractivity contribution >= 4 is 39.0 Å². The van der Waals surface area contributed by atoms with E-state index in [2.05, 4.69) is 47.9 Å². The normalized spacial score (nSPS) is 19.6. The van der Waals surface area contributed by atoms with Gasteiger partial charge in [-0.1, -0.05) is 18.2 Å². The maximum atomic E-state index is 13.5. The lowest BCUT2D eigenvalue weighted by atomic mass is 10.0. The second kappa shape index (κ2) is 8.70. The van der Waals surface area contributed by atoms with Crippen molar-refractivity contribution < 1.29 is 4.79 Å². The molecule has 1 amide bonds. The van der Waals surface area contributed by atoms with Crippen LogP contribution in [0.25, 0.3) is 10.2 Å². The molecule has 1 unspecified atom stereocenters. The Hall–Kier alpha value is -2.67. The van der Waals surface area contributed by atoms with Gasteiger partial charge in [0.2, 0.25) is 0 Å². The third-order valence-corrected chi connectivity index (χ3v) is 8.01. The monoisotopic (exact) mass is 449 g/mol. The van der Waals surface area contributed by atoms with Crippen LogP contribution in [-0.4, -0.2) is 59.5 Å². The van der Waals surface area contributed by atoms with Crippen LogP contribution < -0.4 is 9.80 Å². The van der Waals surface area contributed by atoms with Crippen LogP contribution in [0.15, 0.2) is 30.3 Å². The van der Waals surface area contributed by atoms with Crippen molar-refractivity contribution in [3.63, 3.8) is 0 Å². The summed E-state index contributed by atoms with van der Waals surface area (Å²) >= 11 is 1.53. The molecule has 2 aliphatic heterocycles. The van der Waals surface area contributed by atoms with Gasteiger partial charge in [-0.3, -0.25) is 4.79 Å². The van der Waals surface area contributed by atoms with E-state index in [9.17, 15) is 4.79 Å². The van der Waals surface area contributed by atoms with Crippen LogP contribution >= 0.6 is 11.3 Å². The number of piperidine rings is 1. The Morgan fingerprint density at radius 1 is 1.00 bits per heavy atom. The number of piperazine rings is 1. The molecule has 2 aliphatic rings. The topological polar surface area (TPSA) is 52.6 Å². The maximum Gasteiger partial charge on any atom is 0.264 e. The summed E-state index contributed by atoms with van der Waals surface area (Å²) in [6.07, 6.45) is 3.65. The molecule has 2 saturated heterocycles. The van der Waals surface area contributed by atoms with Gasteiger partial charge in [-0.15, -0.1) is 11.3 Å². The molecule has 32 heavy (non-hydrogen) atoms. The Kier molecular flexibility index (Phi) is 5.76. The zero-order valence-corrected chi connectivity index (χ0v) is 20.0.